The fraction of sp³-hybridized carbons (Fsp3) is 0.714. The molecule has 2 atom stereocenters. The fourth-order valence-electron chi connectivity index (χ4n) is 3.20. The molecule has 0 spiro atoms. The molecule has 16 heavy (non-hydrogen) atoms. The van der Waals surface area contributed by atoms with Crippen molar-refractivity contribution in [1.29, 1.82) is 0 Å². The number of rotatable bonds is 3. The Labute approximate surface area is 103 Å². The lowest BCUT2D eigenvalue weighted by Gasteiger charge is -2.33. The van der Waals surface area contributed by atoms with Crippen molar-refractivity contribution in [2.75, 3.05) is 7.05 Å². The highest BCUT2D eigenvalue weighted by Crippen LogP contribution is 2.48. The summed E-state index contributed by atoms with van der Waals surface area (Å²) in [6.07, 6.45) is 4.13. The highest BCUT2D eigenvalue weighted by atomic mass is 32.1. The van der Waals surface area contributed by atoms with Crippen molar-refractivity contribution in [2.45, 2.75) is 46.1 Å². The van der Waals surface area contributed by atoms with Crippen LogP contribution in [0.4, 0.5) is 0 Å². The Morgan fingerprint density at radius 3 is 2.69 bits per heavy atom. The van der Waals surface area contributed by atoms with Gasteiger partial charge in [-0.25, -0.2) is 0 Å². The third-order valence-electron chi connectivity index (χ3n) is 4.16. The highest BCUT2D eigenvalue weighted by molar-refractivity contribution is 7.10. The Morgan fingerprint density at radius 2 is 2.25 bits per heavy atom. The molecule has 0 aliphatic heterocycles. The molecule has 0 aromatic carbocycles. The Morgan fingerprint density at radius 1 is 1.50 bits per heavy atom. The maximum Gasteiger partial charge on any atom is 0.0359 e. The van der Waals surface area contributed by atoms with E-state index in [4.69, 9.17) is 0 Å². The van der Waals surface area contributed by atoms with Crippen LogP contribution >= 0.6 is 11.3 Å². The van der Waals surface area contributed by atoms with E-state index in [1.54, 1.807) is 0 Å². The zero-order valence-corrected chi connectivity index (χ0v) is 11.7. The molecule has 1 aromatic rings. The van der Waals surface area contributed by atoms with Gasteiger partial charge in [0.1, 0.15) is 0 Å². The average molecular weight is 237 g/mol. The van der Waals surface area contributed by atoms with Crippen LogP contribution in [0, 0.1) is 18.3 Å². The van der Waals surface area contributed by atoms with Gasteiger partial charge in [-0.15, -0.1) is 11.3 Å². The van der Waals surface area contributed by atoms with E-state index in [1.807, 2.05) is 11.3 Å². The second-order valence-corrected chi connectivity index (χ2v) is 6.86. The van der Waals surface area contributed by atoms with E-state index in [0.29, 0.717) is 11.5 Å². The predicted molar refractivity (Wildman–Crippen MR) is 72.0 cm³/mol. The maximum absolute atomic E-state index is 3.54. The molecule has 1 fully saturated rings. The van der Waals surface area contributed by atoms with E-state index in [-0.39, 0.29) is 0 Å². The normalized spacial score (nSPS) is 25.9. The first-order valence-corrected chi connectivity index (χ1v) is 7.15. The molecule has 1 heterocycles. The van der Waals surface area contributed by atoms with Crippen LogP contribution in [0.25, 0.3) is 0 Å². The molecule has 0 amide bonds. The van der Waals surface area contributed by atoms with E-state index in [9.17, 15) is 0 Å². The van der Waals surface area contributed by atoms with E-state index >= 15 is 0 Å². The molecule has 2 unspecified atom stereocenters. The van der Waals surface area contributed by atoms with Crippen molar-refractivity contribution in [3.05, 3.63) is 21.9 Å². The Hall–Kier alpha value is -0.340. The zero-order chi connectivity index (χ0) is 11.8. The summed E-state index contributed by atoms with van der Waals surface area (Å²) in [6.45, 7) is 7.04. The molecule has 2 rings (SSSR count). The molecule has 1 saturated carbocycles. The second-order valence-electron chi connectivity index (χ2n) is 5.74. The first-order chi connectivity index (χ1) is 7.54. The van der Waals surface area contributed by atoms with Crippen LogP contribution in [0.5, 0.6) is 0 Å². The van der Waals surface area contributed by atoms with Gasteiger partial charge < -0.3 is 5.32 Å². The van der Waals surface area contributed by atoms with Crippen molar-refractivity contribution >= 4 is 11.3 Å². The number of thiophene rings is 1. The third kappa shape index (κ3) is 2.18. The van der Waals surface area contributed by atoms with Crippen molar-refractivity contribution in [3.8, 4) is 0 Å². The standard InChI is InChI=1S/C14H23NS/c1-10-8-11(9-16-10)13(15-4)12-6-5-7-14(12,2)3/h8-9,12-13,15H,5-7H2,1-4H3. The van der Waals surface area contributed by atoms with Crippen molar-refractivity contribution in [1.82, 2.24) is 5.32 Å². The summed E-state index contributed by atoms with van der Waals surface area (Å²) in [6, 6.07) is 2.89. The first-order valence-electron chi connectivity index (χ1n) is 6.27. The molecule has 1 nitrogen and oxygen atoms in total. The van der Waals surface area contributed by atoms with E-state index in [2.05, 4.69) is 44.6 Å². The van der Waals surface area contributed by atoms with Gasteiger partial charge in [-0.05, 0) is 55.2 Å². The van der Waals surface area contributed by atoms with Crippen molar-refractivity contribution in [2.24, 2.45) is 11.3 Å². The molecule has 90 valence electrons. The Balaban J connectivity index is 2.23. The van der Waals surface area contributed by atoms with Gasteiger partial charge in [-0.2, -0.15) is 0 Å². The lowest BCUT2D eigenvalue weighted by Crippen LogP contribution is -2.31. The molecule has 1 aromatic heterocycles. The van der Waals surface area contributed by atoms with Crippen LogP contribution in [0.2, 0.25) is 0 Å². The van der Waals surface area contributed by atoms with Crippen LogP contribution in [-0.2, 0) is 0 Å². The van der Waals surface area contributed by atoms with Crippen molar-refractivity contribution < 1.29 is 0 Å². The van der Waals surface area contributed by atoms with Gasteiger partial charge >= 0.3 is 0 Å². The molecule has 2 heteroatoms. The predicted octanol–water partition coefficient (Wildman–Crippen LogP) is 4.14. The van der Waals surface area contributed by atoms with Gasteiger partial charge in [-0.1, -0.05) is 20.3 Å². The molecule has 1 aliphatic rings. The van der Waals surface area contributed by atoms with Crippen LogP contribution in [-0.4, -0.2) is 7.05 Å². The Bertz CT molecular complexity index is 353. The van der Waals surface area contributed by atoms with E-state index in [1.165, 1.54) is 29.7 Å². The fourth-order valence-corrected chi connectivity index (χ4v) is 3.94. The van der Waals surface area contributed by atoms with Crippen LogP contribution in [0.1, 0.15) is 49.6 Å². The van der Waals surface area contributed by atoms with Crippen LogP contribution in [0.3, 0.4) is 0 Å². The van der Waals surface area contributed by atoms with Gasteiger partial charge in [0.15, 0.2) is 0 Å². The number of nitrogens with one attached hydrogen (secondary N) is 1. The van der Waals surface area contributed by atoms with Crippen LogP contribution < -0.4 is 5.32 Å². The molecule has 0 radical (unpaired) electrons. The van der Waals surface area contributed by atoms with Gasteiger partial charge in [0.05, 0.1) is 0 Å². The minimum absolute atomic E-state index is 0.490. The molecular weight excluding hydrogens is 214 g/mol. The number of hydrogen-bond donors (Lipinski definition) is 1. The summed E-state index contributed by atoms with van der Waals surface area (Å²) in [5.74, 6) is 0.784. The van der Waals surface area contributed by atoms with Crippen molar-refractivity contribution in [3.63, 3.8) is 0 Å². The topological polar surface area (TPSA) is 12.0 Å². The van der Waals surface area contributed by atoms with Gasteiger partial charge in [0, 0.05) is 10.9 Å². The summed E-state index contributed by atoms with van der Waals surface area (Å²) in [4.78, 5) is 1.42. The largest absolute Gasteiger partial charge is 0.313 e. The smallest absolute Gasteiger partial charge is 0.0359 e. The Kier molecular flexibility index (Phi) is 3.41. The average Bonchev–Trinajstić information content (AvgIpc) is 2.76. The van der Waals surface area contributed by atoms with E-state index in [0.717, 1.165) is 5.92 Å². The van der Waals surface area contributed by atoms with Crippen LogP contribution in [0.15, 0.2) is 11.4 Å². The van der Waals surface area contributed by atoms with E-state index < -0.39 is 0 Å². The molecular formula is C14H23NS. The van der Waals surface area contributed by atoms with Gasteiger partial charge in [0.2, 0.25) is 0 Å². The third-order valence-corrected chi connectivity index (χ3v) is 5.04. The van der Waals surface area contributed by atoms with Gasteiger partial charge in [0.25, 0.3) is 0 Å². The zero-order valence-electron chi connectivity index (χ0n) is 10.8. The number of hydrogen-bond acceptors (Lipinski definition) is 2. The summed E-state index contributed by atoms with van der Waals surface area (Å²) < 4.78 is 0. The number of aryl methyl sites for hydroxylation is 1. The lowest BCUT2D eigenvalue weighted by atomic mass is 9.76. The summed E-state index contributed by atoms with van der Waals surface area (Å²) in [5, 5.41) is 5.86. The highest BCUT2D eigenvalue weighted by Gasteiger charge is 2.39. The monoisotopic (exact) mass is 237 g/mol. The second kappa shape index (κ2) is 4.50. The first kappa shape index (κ1) is 12.1. The lowest BCUT2D eigenvalue weighted by molar-refractivity contribution is 0.204. The van der Waals surface area contributed by atoms with Gasteiger partial charge in [-0.3, -0.25) is 0 Å². The SMILES string of the molecule is CNC(c1csc(C)c1)C1CCCC1(C)C. The quantitative estimate of drug-likeness (QED) is 0.833. The summed E-state index contributed by atoms with van der Waals surface area (Å²) in [5.41, 5.74) is 1.98. The molecule has 1 N–H and O–H groups in total. The molecule has 0 bridgehead atoms. The molecule has 1 aliphatic carbocycles. The molecule has 0 saturated heterocycles. The minimum Gasteiger partial charge on any atom is -0.313 e. The summed E-state index contributed by atoms with van der Waals surface area (Å²) in [7, 11) is 2.10. The summed E-state index contributed by atoms with van der Waals surface area (Å²) >= 11 is 1.87. The maximum atomic E-state index is 3.54. The minimum atomic E-state index is 0.490.